The molecule has 0 aliphatic rings. The molecule has 1 amide bonds. The van der Waals surface area contributed by atoms with E-state index in [1.165, 1.54) is 7.11 Å². The Morgan fingerprint density at radius 1 is 1.08 bits per heavy atom. The van der Waals surface area contributed by atoms with Gasteiger partial charge in [-0.1, -0.05) is 30.7 Å². The molecule has 26 heavy (non-hydrogen) atoms. The van der Waals surface area contributed by atoms with Crippen molar-refractivity contribution in [2.45, 2.75) is 25.7 Å². The number of carbonyl (C=O) groups excluding carboxylic acids is 1. The van der Waals surface area contributed by atoms with Crippen LogP contribution in [-0.2, 0) is 14.8 Å². The number of benzene rings is 2. The van der Waals surface area contributed by atoms with Crippen LogP contribution < -0.4 is 10.1 Å². The maximum atomic E-state index is 13.0. The number of methoxy groups -OCH3 is 1. The molecule has 0 radical (unpaired) electrons. The van der Waals surface area contributed by atoms with E-state index in [-0.39, 0.29) is 23.7 Å². The van der Waals surface area contributed by atoms with Gasteiger partial charge in [-0.25, -0.2) is 8.42 Å². The number of nitrogens with zero attached hydrogens (tertiary/aromatic N) is 1. The standard InChI is InChI=1S/C19H24N2O4S/c1-5-21(13-19(22)20-16-9-6-14(2)7-10-16)26(23,24)18-12-15(3)8-11-17(18)25-4/h6-12H,5,13H2,1-4H3,(H,20,22). The summed E-state index contributed by atoms with van der Waals surface area (Å²) < 4.78 is 32.3. The Balaban J connectivity index is 2.22. The fourth-order valence-corrected chi connectivity index (χ4v) is 4.13. The van der Waals surface area contributed by atoms with Gasteiger partial charge in [0.1, 0.15) is 10.6 Å². The molecule has 7 heteroatoms. The highest BCUT2D eigenvalue weighted by Crippen LogP contribution is 2.27. The quantitative estimate of drug-likeness (QED) is 0.806. The Morgan fingerprint density at radius 2 is 1.69 bits per heavy atom. The minimum absolute atomic E-state index is 0.0602. The van der Waals surface area contributed by atoms with E-state index in [2.05, 4.69) is 5.32 Å². The van der Waals surface area contributed by atoms with Gasteiger partial charge in [0.05, 0.1) is 13.7 Å². The van der Waals surface area contributed by atoms with Gasteiger partial charge >= 0.3 is 0 Å². The van der Waals surface area contributed by atoms with Crippen LogP contribution in [0.3, 0.4) is 0 Å². The largest absolute Gasteiger partial charge is 0.495 e. The van der Waals surface area contributed by atoms with Crippen molar-refractivity contribution in [3.63, 3.8) is 0 Å². The molecule has 0 unspecified atom stereocenters. The van der Waals surface area contributed by atoms with Gasteiger partial charge < -0.3 is 10.1 Å². The number of amides is 1. The van der Waals surface area contributed by atoms with Crippen LogP contribution in [-0.4, -0.2) is 38.8 Å². The zero-order chi connectivity index (χ0) is 19.3. The van der Waals surface area contributed by atoms with Gasteiger partial charge in [0, 0.05) is 12.2 Å². The first-order valence-electron chi connectivity index (χ1n) is 8.29. The summed E-state index contributed by atoms with van der Waals surface area (Å²) in [5.41, 5.74) is 2.50. The fraction of sp³-hybridized carbons (Fsp3) is 0.316. The first-order chi connectivity index (χ1) is 12.3. The molecule has 0 saturated carbocycles. The average Bonchev–Trinajstić information content (AvgIpc) is 2.61. The number of hydrogen-bond acceptors (Lipinski definition) is 4. The molecule has 0 saturated heterocycles. The molecule has 0 spiro atoms. The molecule has 0 aliphatic heterocycles. The maximum Gasteiger partial charge on any atom is 0.247 e. The fourth-order valence-electron chi connectivity index (χ4n) is 2.49. The number of likely N-dealkylation sites (N-methyl/N-ethyl adjacent to an activating group) is 1. The second kappa shape index (κ2) is 8.33. The van der Waals surface area contributed by atoms with Gasteiger partial charge in [0.25, 0.3) is 0 Å². The Hall–Kier alpha value is -2.38. The van der Waals surface area contributed by atoms with Gasteiger partial charge in [-0.3, -0.25) is 4.79 Å². The summed E-state index contributed by atoms with van der Waals surface area (Å²) in [6.07, 6.45) is 0. The predicted molar refractivity (Wildman–Crippen MR) is 102 cm³/mol. The Morgan fingerprint density at radius 3 is 2.27 bits per heavy atom. The summed E-state index contributed by atoms with van der Waals surface area (Å²) in [5.74, 6) is -0.140. The first kappa shape index (κ1) is 19.9. The molecule has 0 bridgehead atoms. The summed E-state index contributed by atoms with van der Waals surface area (Å²) in [6.45, 7) is 5.34. The van der Waals surface area contributed by atoms with Gasteiger partial charge in [-0.2, -0.15) is 4.31 Å². The topological polar surface area (TPSA) is 75.7 Å². The van der Waals surface area contributed by atoms with Crippen molar-refractivity contribution in [2.24, 2.45) is 0 Å². The van der Waals surface area contributed by atoms with Crippen LogP contribution in [0.4, 0.5) is 5.69 Å². The number of anilines is 1. The SMILES string of the molecule is CCN(CC(=O)Nc1ccc(C)cc1)S(=O)(=O)c1cc(C)ccc1OC. The summed E-state index contributed by atoms with van der Waals surface area (Å²) in [4.78, 5) is 12.4. The highest BCUT2D eigenvalue weighted by atomic mass is 32.2. The Labute approximate surface area is 154 Å². The summed E-state index contributed by atoms with van der Waals surface area (Å²) in [7, 11) is -2.44. The van der Waals surface area contributed by atoms with Crippen molar-refractivity contribution in [3.8, 4) is 5.75 Å². The Bertz CT molecular complexity index is 877. The number of carbonyl (C=O) groups is 1. The van der Waals surface area contributed by atoms with Crippen LogP contribution in [0.15, 0.2) is 47.4 Å². The molecule has 6 nitrogen and oxygen atoms in total. The van der Waals surface area contributed by atoms with E-state index in [9.17, 15) is 13.2 Å². The third-order valence-electron chi connectivity index (χ3n) is 3.94. The number of ether oxygens (including phenoxy) is 1. The highest BCUT2D eigenvalue weighted by Gasteiger charge is 2.28. The molecule has 0 aliphatic carbocycles. The van der Waals surface area contributed by atoms with E-state index in [0.29, 0.717) is 5.69 Å². The van der Waals surface area contributed by atoms with Crippen molar-refractivity contribution < 1.29 is 17.9 Å². The lowest BCUT2D eigenvalue weighted by Crippen LogP contribution is -2.38. The molecule has 140 valence electrons. The summed E-state index contributed by atoms with van der Waals surface area (Å²) in [6, 6.07) is 12.3. The minimum atomic E-state index is -3.86. The number of sulfonamides is 1. The second-order valence-corrected chi connectivity index (χ2v) is 7.91. The lowest BCUT2D eigenvalue weighted by molar-refractivity contribution is -0.116. The van der Waals surface area contributed by atoms with E-state index in [1.807, 2.05) is 19.1 Å². The molecule has 2 aromatic rings. The van der Waals surface area contributed by atoms with E-state index < -0.39 is 15.9 Å². The van der Waals surface area contributed by atoms with Crippen LogP contribution in [0.2, 0.25) is 0 Å². The predicted octanol–water partition coefficient (Wildman–Crippen LogP) is 2.96. The van der Waals surface area contributed by atoms with Crippen LogP contribution in [0.5, 0.6) is 5.75 Å². The molecular formula is C19H24N2O4S. The smallest absolute Gasteiger partial charge is 0.247 e. The third-order valence-corrected chi connectivity index (χ3v) is 5.89. The minimum Gasteiger partial charge on any atom is -0.495 e. The van der Waals surface area contributed by atoms with Crippen molar-refractivity contribution >= 4 is 21.6 Å². The normalized spacial score (nSPS) is 11.4. The number of aryl methyl sites for hydroxylation is 2. The summed E-state index contributed by atoms with van der Waals surface area (Å²) in [5, 5.41) is 2.72. The first-order valence-corrected chi connectivity index (χ1v) is 9.73. The zero-order valence-corrected chi connectivity index (χ0v) is 16.3. The van der Waals surface area contributed by atoms with Gasteiger partial charge in [-0.15, -0.1) is 0 Å². The number of nitrogens with one attached hydrogen (secondary N) is 1. The Kier molecular flexibility index (Phi) is 6.39. The average molecular weight is 376 g/mol. The molecule has 1 N–H and O–H groups in total. The zero-order valence-electron chi connectivity index (χ0n) is 15.4. The summed E-state index contributed by atoms with van der Waals surface area (Å²) >= 11 is 0. The molecule has 0 heterocycles. The molecule has 0 aromatic heterocycles. The van der Waals surface area contributed by atoms with Crippen molar-refractivity contribution in [3.05, 3.63) is 53.6 Å². The van der Waals surface area contributed by atoms with Gasteiger partial charge in [-0.05, 0) is 43.7 Å². The number of hydrogen-bond donors (Lipinski definition) is 1. The molecular weight excluding hydrogens is 352 g/mol. The van der Waals surface area contributed by atoms with Crippen LogP contribution in [0.25, 0.3) is 0 Å². The van der Waals surface area contributed by atoms with Gasteiger partial charge in [0.2, 0.25) is 15.9 Å². The lowest BCUT2D eigenvalue weighted by Gasteiger charge is -2.21. The highest BCUT2D eigenvalue weighted by molar-refractivity contribution is 7.89. The van der Waals surface area contributed by atoms with Crippen molar-refractivity contribution in [2.75, 3.05) is 25.5 Å². The van der Waals surface area contributed by atoms with Crippen LogP contribution >= 0.6 is 0 Å². The van der Waals surface area contributed by atoms with E-state index in [4.69, 9.17) is 4.74 Å². The third kappa shape index (κ3) is 4.62. The number of rotatable bonds is 7. The van der Waals surface area contributed by atoms with Gasteiger partial charge in [0.15, 0.2) is 0 Å². The van der Waals surface area contributed by atoms with Crippen molar-refractivity contribution in [1.29, 1.82) is 0 Å². The van der Waals surface area contributed by atoms with E-state index >= 15 is 0 Å². The molecule has 2 rings (SSSR count). The van der Waals surface area contributed by atoms with E-state index in [1.54, 1.807) is 44.2 Å². The molecule has 2 aromatic carbocycles. The van der Waals surface area contributed by atoms with E-state index in [0.717, 1.165) is 15.4 Å². The second-order valence-electron chi connectivity index (χ2n) is 6.00. The molecule has 0 atom stereocenters. The monoisotopic (exact) mass is 376 g/mol. The van der Waals surface area contributed by atoms with Crippen LogP contribution in [0.1, 0.15) is 18.1 Å². The van der Waals surface area contributed by atoms with Crippen molar-refractivity contribution in [1.82, 2.24) is 4.31 Å². The molecule has 0 fully saturated rings. The maximum absolute atomic E-state index is 13.0. The lowest BCUT2D eigenvalue weighted by atomic mass is 10.2. The van der Waals surface area contributed by atoms with Crippen LogP contribution in [0, 0.1) is 13.8 Å².